The number of rotatable bonds is 17. The summed E-state index contributed by atoms with van der Waals surface area (Å²) in [6.45, 7) is 5.92. The number of aromatic nitrogens is 5. The topological polar surface area (TPSA) is 166 Å². The number of amides is 3. The third kappa shape index (κ3) is 13.3. The number of hydrogen-bond acceptors (Lipinski definition) is 15. The first-order valence-electron chi connectivity index (χ1n) is 33.1. The number of benzene rings is 4. The van der Waals surface area contributed by atoms with Gasteiger partial charge in [-0.15, -0.1) is 11.3 Å². The summed E-state index contributed by atoms with van der Waals surface area (Å²) in [5.74, 6) is 1.76. The first kappa shape index (κ1) is 62.5. The Morgan fingerprint density at radius 2 is 1.14 bits per heavy atom. The number of carbonyl (C=O) groups excluding carboxylic acids is 3. The minimum Gasteiger partial charge on any atom is -0.495 e. The Balaban J connectivity index is 0.000000122. The zero-order valence-corrected chi connectivity index (χ0v) is 53.5. The number of carbonyl (C=O) groups is 3. The smallest absolute Gasteiger partial charge is 0.226 e. The van der Waals surface area contributed by atoms with Gasteiger partial charge in [0.05, 0.1) is 76.1 Å². The van der Waals surface area contributed by atoms with Gasteiger partial charge in [0.15, 0.2) is 11.6 Å². The van der Waals surface area contributed by atoms with Gasteiger partial charge in [-0.3, -0.25) is 34.3 Å². The average molecular weight is 1290 g/mol. The van der Waals surface area contributed by atoms with Gasteiger partial charge < -0.3 is 44.2 Å². The molecule has 5 aromatic heterocycles. The minimum atomic E-state index is -0.287. The monoisotopic (exact) mass is 1290 g/mol. The molecule has 17 nitrogen and oxygen atoms in total. The van der Waals surface area contributed by atoms with E-state index in [4.69, 9.17) is 9.47 Å². The van der Waals surface area contributed by atoms with Gasteiger partial charge in [0.25, 0.3) is 0 Å². The van der Waals surface area contributed by atoms with Crippen LogP contribution in [0.3, 0.4) is 0 Å². The fourth-order valence-corrected chi connectivity index (χ4v) is 16.2. The van der Waals surface area contributed by atoms with Crippen LogP contribution in [-0.4, -0.2) is 153 Å². The minimum absolute atomic E-state index is 0.0456. The molecule has 4 aromatic carbocycles. The third-order valence-electron chi connectivity index (χ3n) is 20.1. The Kier molecular flexibility index (Phi) is 18.6. The molecule has 8 unspecified atom stereocenters. The summed E-state index contributed by atoms with van der Waals surface area (Å²) in [6, 6.07) is 35.7. The molecule has 3 amide bonds. The van der Waals surface area contributed by atoms with E-state index in [1.807, 2.05) is 86.9 Å². The molecule has 0 radical (unpaired) electrons. The summed E-state index contributed by atoms with van der Waals surface area (Å²) < 4.78 is 55.3. The molecule has 6 bridgehead atoms. The quantitative estimate of drug-likeness (QED) is 0.0856. The van der Waals surface area contributed by atoms with Crippen molar-refractivity contribution in [1.82, 2.24) is 44.9 Å². The second-order valence-electron chi connectivity index (χ2n) is 25.8. The Bertz CT molecular complexity index is 4160. The van der Waals surface area contributed by atoms with Gasteiger partial charge in [-0.1, -0.05) is 48.5 Å². The predicted octanol–water partition coefficient (Wildman–Crippen LogP) is 11.4. The lowest BCUT2D eigenvalue weighted by atomic mass is 10.0. The molecular formula is C73H77F3N12O5S. The molecule has 0 spiro atoms. The van der Waals surface area contributed by atoms with Gasteiger partial charge in [-0.2, -0.15) is 0 Å². The van der Waals surface area contributed by atoms with E-state index in [1.165, 1.54) is 29.6 Å². The maximum Gasteiger partial charge on any atom is 0.226 e. The third-order valence-corrected chi connectivity index (χ3v) is 21.0. The lowest BCUT2D eigenvalue weighted by Gasteiger charge is -2.42. The van der Waals surface area contributed by atoms with Crippen molar-refractivity contribution in [3.05, 3.63) is 180 Å². The number of pyridine rings is 4. The summed E-state index contributed by atoms with van der Waals surface area (Å²) in [4.78, 5) is 72.4. The van der Waals surface area contributed by atoms with Crippen molar-refractivity contribution < 1.29 is 37.0 Å². The number of aryl methyl sites for hydroxylation is 1. The Morgan fingerprint density at radius 1 is 0.564 bits per heavy atom. The van der Waals surface area contributed by atoms with Crippen LogP contribution in [0.2, 0.25) is 0 Å². The summed E-state index contributed by atoms with van der Waals surface area (Å²) in [5.41, 5.74) is 8.97. The number of ether oxygens (including phenoxy) is 2. The summed E-state index contributed by atoms with van der Waals surface area (Å²) in [7, 11) is 1.64. The van der Waals surface area contributed by atoms with E-state index in [-0.39, 0.29) is 83.3 Å². The molecular weight excluding hydrogens is 1210 g/mol. The van der Waals surface area contributed by atoms with Gasteiger partial charge in [0.2, 0.25) is 17.7 Å². The number of methoxy groups -OCH3 is 1. The highest BCUT2D eigenvalue weighted by atomic mass is 32.1. The lowest BCUT2D eigenvalue weighted by Crippen LogP contribution is -2.56. The first-order chi connectivity index (χ1) is 46.0. The highest BCUT2D eigenvalue weighted by Gasteiger charge is 2.50. The van der Waals surface area contributed by atoms with E-state index >= 15 is 0 Å². The fraction of sp³-hybridized carbons (Fsp3) is 0.397. The van der Waals surface area contributed by atoms with E-state index in [2.05, 4.69) is 63.1 Å². The highest BCUT2D eigenvalue weighted by Crippen LogP contribution is 2.44. The average Bonchev–Trinajstić information content (AvgIpc) is 1.64. The number of fused-ring (bicyclic) bond motifs is 9. The lowest BCUT2D eigenvalue weighted by molar-refractivity contribution is -0.134. The van der Waals surface area contributed by atoms with Crippen molar-refractivity contribution in [2.24, 2.45) is 11.8 Å². The molecule has 7 fully saturated rings. The van der Waals surface area contributed by atoms with Gasteiger partial charge in [0.1, 0.15) is 17.3 Å². The van der Waals surface area contributed by atoms with Crippen LogP contribution in [0.1, 0.15) is 75.3 Å². The van der Waals surface area contributed by atoms with Crippen molar-refractivity contribution in [3.63, 3.8) is 0 Å². The molecule has 1 aliphatic carbocycles. The van der Waals surface area contributed by atoms with Crippen LogP contribution in [0.4, 0.5) is 30.2 Å². The second-order valence-corrected chi connectivity index (χ2v) is 26.7. The molecule has 94 heavy (non-hydrogen) atoms. The molecule has 11 heterocycles. The largest absolute Gasteiger partial charge is 0.495 e. The van der Waals surface area contributed by atoms with Crippen LogP contribution in [0.15, 0.2) is 152 Å². The van der Waals surface area contributed by atoms with E-state index in [0.717, 1.165) is 101 Å². The van der Waals surface area contributed by atoms with Crippen molar-refractivity contribution in [2.45, 2.75) is 113 Å². The van der Waals surface area contributed by atoms with E-state index in [9.17, 15) is 27.6 Å². The summed E-state index contributed by atoms with van der Waals surface area (Å²) in [6.07, 6.45) is 18.8. The second kappa shape index (κ2) is 27.9. The molecule has 16 rings (SSSR count). The van der Waals surface area contributed by atoms with Gasteiger partial charge in [0, 0.05) is 143 Å². The zero-order chi connectivity index (χ0) is 64.2. The molecule has 1 saturated carbocycles. The number of thiazole rings is 1. The predicted molar refractivity (Wildman–Crippen MR) is 358 cm³/mol. The SMILES string of the molecule is COc1cnc2cccc(CCCC(=O)N3CC4CCC(C3)N4c3ccncc3F)c2c1.O=C(C1CC1COc1cccc2ncsc12)N1CC2CCC(C1)N2c1ccncc1F.O=C(CCNCc1cccc2ncccc12)N1CC2CCC(C1)N2c1ccccc1F. The maximum atomic E-state index is 14.3. The van der Waals surface area contributed by atoms with E-state index < -0.39 is 0 Å². The number of hydrogen-bond donors (Lipinski definition) is 1. The molecule has 9 aromatic rings. The van der Waals surface area contributed by atoms with Gasteiger partial charge >= 0.3 is 0 Å². The number of likely N-dealkylation sites (tertiary alicyclic amines) is 3. The zero-order valence-electron chi connectivity index (χ0n) is 52.7. The first-order valence-corrected chi connectivity index (χ1v) is 33.9. The standard InChI is InChI=1S/C25H27FN4O2.C25H27FN4O.C23H23FN4O2S/c1-32-20-12-21-17(4-2-6-23(21)28-13-20)5-3-7-25(31)29-15-18-8-9-19(16-29)30(18)24-10-11-27-14-22(24)26;26-22-7-1-2-9-24(22)30-19-10-11-20(30)17-29(16-19)25(31)12-14-27-15-18-5-3-8-23-21(18)6-4-13-28-23;24-18-9-25-7-6-20(18)28-15-4-5-16(28)11-27(10-15)23(29)17-8-14(17)12-30-21-3-1-2-19-22(21)31-13-26-19/h2,4,6,10-14,18-19H,3,5,7-9,15-16H2,1H3;1-9,13,19-20,27H,10-12,14-17H2;1-3,6-7,9,13-17H,4-5,8,10-12H2. The fourth-order valence-electron chi connectivity index (χ4n) is 15.4. The van der Waals surface area contributed by atoms with Crippen LogP contribution < -0.4 is 29.5 Å². The van der Waals surface area contributed by atoms with Crippen molar-refractivity contribution >= 4 is 78.1 Å². The normalized spacial score (nSPS) is 22.5. The van der Waals surface area contributed by atoms with Crippen molar-refractivity contribution in [1.29, 1.82) is 0 Å². The Labute approximate surface area is 548 Å². The molecule has 1 N–H and O–H groups in total. The molecule has 7 aliphatic rings. The number of para-hydroxylation sites is 1. The number of nitrogens with zero attached hydrogens (tertiary/aromatic N) is 11. The molecule has 6 aliphatic heterocycles. The van der Waals surface area contributed by atoms with Crippen molar-refractivity contribution in [3.8, 4) is 11.5 Å². The summed E-state index contributed by atoms with van der Waals surface area (Å²) in [5, 5.41) is 5.63. The van der Waals surface area contributed by atoms with Crippen LogP contribution in [0.5, 0.6) is 11.5 Å². The van der Waals surface area contributed by atoms with Crippen LogP contribution in [0, 0.1) is 29.3 Å². The molecule has 486 valence electrons. The van der Waals surface area contributed by atoms with Gasteiger partial charge in [-0.05, 0) is 130 Å². The number of anilines is 3. The Morgan fingerprint density at radius 3 is 1.77 bits per heavy atom. The maximum absolute atomic E-state index is 14.3. The number of halogens is 3. The van der Waals surface area contributed by atoms with Crippen LogP contribution in [-0.2, 0) is 27.3 Å². The molecule has 21 heteroatoms. The van der Waals surface area contributed by atoms with Crippen molar-refractivity contribution in [2.75, 3.05) is 74.2 Å². The molecule has 8 atom stereocenters. The Hall–Kier alpha value is -8.95. The van der Waals surface area contributed by atoms with E-state index in [0.29, 0.717) is 88.9 Å². The van der Waals surface area contributed by atoms with Crippen LogP contribution in [0.25, 0.3) is 32.0 Å². The van der Waals surface area contributed by atoms with Crippen LogP contribution >= 0.6 is 11.3 Å². The number of piperazine rings is 3. The van der Waals surface area contributed by atoms with Gasteiger partial charge in [-0.25, -0.2) is 18.2 Å². The highest BCUT2D eigenvalue weighted by molar-refractivity contribution is 7.17. The molecule has 6 saturated heterocycles. The number of nitrogens with one attached hydrogen (secondary N) is 1. The summed E-state index contributed by atoms with van der Waals surface area (Å²) >= 11 is 1.58. The van der Waals surface area contributed by atoms with E-state index in [1.54, 1.807) is 61.4 Å².